The summed E-state index contributed by atoms with van der Waals surface area (Å²) in [6.45, 7) is 0.828. The SMILES string of the molecule is O=C(Nc1ccc(C(F)(F)F)nc1)N1CCC(=Cc2cccc(Oc3ccc(C(F)(F)F)cn3)c2)CC1. The van der Waals surface area contributed by atoms with Crippen LogP contribution in [0.3, 0.4) is 0 Å². The highest BCUT2D eigenvalue weighted by molar-refractivity contribution is 5.89. The number of ether oxygens (including phenoxy) is 1. The minimum absolute atomic E-state index is 0.0281. The molecule has 1 N–H and O–H groups in total. The summed E-state index contributed by atoms with van der Waals surface area (Å²) in [6, 6.07) is 10.5. The molecule has 0 bridgehead atoms. The summed E-state index contributed by atoms with van der Waals surface area (Å²) in [7, 11) is 0. The van der Waals surface area contributed by atoms with Crippen LogP contribution in [0.25, 0.3) is 6.08 Å². The van der Waals surface area contributed by atoms with Crippen LogP contribution in [0.4, 0.5) is 36.8 Å². The summed E-state index contributed by atoms with van der Waals surface area (Å²) >= 11 is 0. The Morgan fingerprint density at radius 2 is 1.68 bits per heavy atom. The number of hydrogen-bond donors (Lipinski definition) is 1. The normalized spacial score (nSPS) is 14.3. The number of alkyl halides is 6. The van der Waals surface area contributed by atoms with Crippen molar-refractivity contribution < 1.29 is 35.9 Å². The molecule has 1 aromatic carbocycles. The maximum Gasteiger partial charge on any atom is 0.433 e. The molecule has 0 atom stereocenters. The molecule has 3 aromatic rings. The first kappa shape index (κ1) is 26.0. The van der Waals surface area contributed by atoms with Crippen LogP contribution >= 0.6 is 0 Å². The number of amides is 2. The van der Waals surface area contributed by atoms with Gasteiger partial charge in [-0.2, -0.15) is 26.3 Å². The summed E-state index contributed by atoms with van der Waals surface area (Å²) in [5.74, 6) is 0.434. The van der Waals surface area contributed by atoms with E-state index in [1.807, 2.05) is 12.1 Å². The van der Waals surface area contributed by atoms with Crippen LogP contribution < -0.4 is 10.1 Å². The molecule has 0 radical (unpaired) electrons. The molecule has 1 saturated heterocycles. The zero-order valence-electron chi connectivity index (χ0n) is 19.1. The number of halogens is 6. The van der Waals surface area contributed by atoms with Gasteiger partial charge in [0.2, 0.25) is 5.88 Å². The molecule has 0 spiro atoms. The van der Waals surface area contributed by atoms with Crippen molar-refractivity contribution in [1.82, 2.24) is 14.9 Å². The first-order valence-electron chi connectivity index (χ1n) is 11.1. The lowest BCUT2D eigenvalue weighted by Crippen LogP contribution is -2.39. The lowest BCUT2D eigenvalue weighted by molar-refractivity contribution is -0.141. The fourth-order valence-corrected chi connectivity index (χ4v) is 3.61. The molecule has 0 saturated carbocycles. The Morgan fingerprint density at radius 3 is 2.27 bits per heavy atom. The van der Waals surface area contributed by atoms with E-state index in [1.54, 1.807) is 23.1 Å². The van der Waals surface area contributed by atoms with Gasteiger partial charge in [-0.05, 0) is 48.7 Å². The monoisotopic (exact) mass is 522 g/mol. The Balaban J connectivity index is 1.32. The molecule has 0 unspecified atom stereocenters. The summed E-state index contributed by atoms with van der Waals surface area (Å²) in [4.78, 5) is 21.1. The van der Waals surface area contributed by atoms with Crippen LogP contribution in [-0.2, 0) is 12.4 Å². The summed E-state index contributed by atoms with van der Waals surface area (Å²) in [5, 5.41) is 2.55. The van der Waals surface area contributed by atoms with Crippen molar-refractivity contribution in [2.45, 2.75) is 25.2 Å². The Morgan fingerprint density at radius 1 is 0.919 bits per heavy atom. The third kappa shape index (κ3) is 6.99. The largest absolute Gasteiger partial charge is 0.439 e. The number of nitrogens with zero attached hydrogens (tertiary/aromatic N) is 3. The molecule has 1 fully saturated rings. The number of carbonyl (C=O) groups excluding carboxylic acids is 1. The summed E-state index contributed by atoms with van der Waals surface area (Å²) < 4.78 is 81.5. The highest BCUT2D eigenvalue weighted by Gasteiger charge is 2.32. The number of pyridine rings is 2. The fraction of sp³-hybridized carbons (Fsp3) is 0.240. The predicted molar refractivity (Wildman–Crippen MR) is 123 cm³/mol. The quantitative estimate of drug-likeness (QED) is 0.374. The molecule has 2 amide bonds. The second kappa shape index (κ2) is 10.5. The van der Waals surface area contributed by atoms with Gasteiger partial charge in [-0.3, -0.25) is 0 Å². The van der Waals surface area contributed by atoms with Crippen molar-refractivity contribution in [3.63, 3.8) is 0 Å². The van der Waals surface area contributed by atoms with Gasteiger partial charge in [-0.15, -0.1) is 0 Å². The van der Waals surface area contributed by atoms with Gasteiger partial charge in [-0.25, -0.2) is 14.8 Å². The van der Waals surface area contributed by atoms with Gasteiger partial charge in [0.05, 0.1) is 17.4 Å². The average Bonchev–Trinajstić information content (AvgIpc) is 2.84. The number of likely N-dealkylation sites (tertiary alicyclic amines) is 1. The van der Waals surface area contributed by atoms with Crippen LogP contribution in [0.15, 0.2) is 66.5 Å². The first-order valence-corrected chi connectivity index (χ1v) is 11.1. The van der Waals surface area contributed by atoms with Crippen LogP contribution in [-0.4, -0.2) is 34.0 Å². The van der Waals surface area contributed by atoms with Crippen molar-refractivity contribution in [2.75, 3.05) is 18.4 Å². The number of hydrogen-bond acceptors (Lipinski definition) is 4. The lowest BCUT2D eigenvalue weighted by Gasteiger charge is -2.28. The van der Waals surface area contributed by atoms with E-state index in [0.29, 0.717) is 37.9 Å². The number of nitrogens with one attached hydrogen (secondary N) is 1. The molecule has 37 heavy (non-hydrogen) atoms. The van der Waals surface area contributed by atoms with Crippen LogP contribution in [0, 0.1) is 0 Å². The second-order valence-electron chi connectivity index (χ2n) is 8.21. The van der Waals surface area contributed by atoms with Gasteiger partial charge in [0.25, 0.3) is 0 Å². The van der Waals surface area contributed by atoms with E-state index in [9.17, 15) is 31.1 Å². The second-order valence-corrected chi connectivity index (χ2v) is 8.21. The van der Waals surface area contributed by atoms with Gasteiger partial charge in [0.15, 0.2) is 0 Å². The minimum Gasteiger partial charge on any atom is -0.439 e. The Labute approximate surface area is 207 Å². The third-order valence-electron chi connectivity index (χ3n) is 5.51. The number of benzene rings is 1. The lowest BCUT2D eigenvalue weighted by atomic mass is 10.0. The average molecular weight is 522 g/mol. The molecule has 1 aliphatic heterocycles. The fourth-order valence-electron chi connectivity index (χ4n) is 3.61. The highest BCUT2D eigenvalue weighted by atomic mass is 19.4. The van der Waals surface area contributed by atoms with Gasteiger partial charge >= 0.3 is 18.4 Å². The standard InChI is InChI=1S/C25H20F6N4O2/c26-24(27,28)18-4-7-22(33-14-18)37-20-3-1-2-17(13-20)12-16-8-10-35(11-9-16)23(36)34-19-5-6-21(32-15-19)25(29,30)31/h1-7,12-15H,8-11H2,(H,34,36). The molecule has 3 heterocycles. The highest BCUT2D eigenvalue weighted by Crippen LogP contribution is 2.31. The Kier molecular flexibility index (Phi) is 7.37. The zero-order chi connectivity index (χ0) is 26.6. The smallest absolute Gasteiger partial charge is 0.433 e. The zero-order valence-corrected chi connectivity index (χ0v) is 19.1. The van der Waals surface area contributed by atoms with Gasteiger partial charge in [-0.1, -0.05) is 23.8 Å². The van der Waals surface area contributed by atoms with Gasteiger partial charge in [0, 0.05) is 25.4 Å². The molecule has 4 rings (SSSR count). The van der Waals surface area contributed by atoms with Crippen molar-refractivity contribution in [2.24, 2.45) is 0 Å². The van der Waals surface area contributed by atoms with Crippen molar-refractivity contribution in [3.8, 4) is 11.6 Å². The van der Waals surface area contributed by atoms with E-state index in [-0.39, 0.29) is 11.6 Å². The topological polar surface area (TPSA) is 67.4 Å². The molecular weight excluding hydrogens is 502 g/mol. The van der Waals surface area contributed by atoms with Crippen LogP contribution in [0.1, 0.15) is 29.7 Å². The number of rotatable bonds is 4. The van der Waals surface area contributed by atoms with Gasteiger partial charge < -0.3 is 15.0 Å². The van der Waals surface area contributed by atoms with E-state index in [2.05, 4.69) is 15.3 Å². The predicted octanol–water partition coefficient (Wildman–Crippen LogP) is 7.02. The van der Waals surface area contributed by atoms with Crippen molar-refractivity contribution in [1.29, 1.82) is 0 Å². The number of carbonyl (C=O) groups is 1. The third-order valence-corrected chi connectivity index (χ3v) is 5.51. The molecule has 6 nitrogen and oxygen atoms in total. The Bertz CT molecular complexity index is 1260. The van der Waals surface area contributed by atoms with E-state index in [0.717, 1.165) is 41.6 Å². The van der Waals surface area contributed by atoms with Crippen LogP contribution in [0.2, 0.25) is 0 Å². The summed E-state index contributed by atoms with van der Waals surface area (Å²) in [5.41, 5.74) is 0.148. The molecular formula is C25H20F6N4O2. The van der Waals surface area contributed by atoms with Gasteiger partial charge in [0.1, 0.15) is 11.4 Å². The maximum atomic E-state index is 12.7. The number of urea groups is 1. The molecule has 2 aromatic heterocycles. The van der Waals surface area contributed by atoms with Crippen LogP contribution in [0.5, 0.6) is 11.6 Å². The first-order chi connectivity index (χ1) is 17.5. The van der Waals surface area contributed by atoms with E-state index in [1.165, 1.54) is 0 Å². The number of aromatic nitrogens is 2. The van der Waals surface area contributed by atoms with E-state index >= 15 is 0 Å². The molecule has 0 aliphatic carbocycles. The number of anilines is 1. The maximum absolute atomic E-state index is 12.7. The van der Waals surface area contributed by atoms with E-state index in [4.69, 9.17) is 4.74 Å². The molecule has 194 valence electrons. The summed E-state index contributed by atoms with van der Waals surface area (Å²) in [6.07, 6.45) is -4.24. The van der Waals surface area contributed by atoms with Crippen molar-refractivity contribution in [3.05, 3.63) is 83.3 Å². The number of piperidine rings is 1. The molecule has 1 aliphatic rings. The molecule has 12 heteroatoms. The Hall–Kier alpha value is -4.09. The van der Waals surface area contributed by atoms with E-state index < -0.39 is 29.6 Å². The van der Waals surface area contributed by atoms with Crippen molar-refractivity contribution >= 4 is 17.8 Å². The minimum atomic E-state index is -4.55.